The second-order valence-electron chi connectivity index (χ2n) is 6.19. The number of thiazole rings is 1. The predicted molar refractivity (Wildman–Crippen MR) is 108 cm³/mol. The van der Waals surface area contributed by atoms with E-state index in [9.17, 15) is 14.0 Å². The molecule has 0 atom stereocenters. The number of aryl methyl sites for hydroxylation is 2. The standard InChI is InChI=1S/C20H19FN4O2S/c1-12-3-5-14(6-4-12)11-22-18(26)17-13(2)23-20(28-17)25-19(27)24-16-9-7-15(21)8-10-16/h3-10H,11H2,1-2H3,(H,22,26)(H2,23,24,25,27). The van der Waals surface area contributed by atoms with Gasteiger partial charge in [0.2, 0.25) is 0 Å². The third-order valence-corrected chi connectivity index (χ3v) is 4.97. The number of amides is 3. The predicted octanol–water partition coefficient (Wildman–Crippen LogP) is 4.47. The molecule has 0 aliphatic heterocycles. The number of nitrogens with one attached hydrogen (secondary N) is 3. The van der Waals surface area contributed by atoms with Crippen molar-refractivity contribution in [3.63, 3.8) is 0 Å². The number of carbonyl (C=O) groups excluding carboxylic acids is 2. The Labute approximate surface area is 165 Å². The highest BCUT2D eigenvalue weighted by Crippen LogP contribution is 2.23. The van der Waals surface area contributed by atoms with Gasteiger partial charge in [-0.25, -0.2) is 14.2 Å². The quantitative estimate of drug-likeness (QED) is 0.593. The molecule has 0 saturated carbocycles. The van der Waals surface area contributed by atoms with Crippen LogP contribution in [-0.2, 0) is 6.54 Å². The van der Waals surface area contributed by atoms with Gasteiger partial charge in [0, 0.05) is 12.2 Å². The number of benzene rings is 2. The summed E-state index contributed by atoms with van der Waals surface area (Å²) in [6.45, 7) is 4.12. The Morgan fingerprint density at radius 2 is 1.68 bits per heavy atom. The average molecular weight is 398 g/mol. The highest BCUT2D eigenvalue weighted by Gasteiger charge is 2.16. The smallest absolute Gasteiger partial charge is 0.325 e. The highest BCUT2D eigenvalue weighted by molar-refractivity contribution is 7.17. The maximum absolute atomic E-state index is 12.9. The van der Waals surface area contributed by atoms with E-state index in [0.29, 0.717) is 27.9 Å². The number of carbonyl (C=O) groups is 2. The van der Waals surface area contributed by atoms with Crippen molar-refractivity contribution in [3.8, 4) is 0 Å². The summed E-state index contributed by atoms with van der Waals surface area (Å²) in [7, 11) is 0. The van der Waals surface area contributed by atoms with Gasteiger partial charge in [-0.3, -0.25) is 10.1 Å². The van der Waals surface area contributed by atoms with E-state index < -0.39 is 6.03 Å². The largest absolute Gasteiger partial charge is 0.347 e. The molecule has 0 aliphatic rings. The minimum Gasteiger partial charge on any atom is -0.347 e. The molecule has 0 saturated heterocycles. The number of aromatic nitrogens is 1. The van der Waals surface area contributed by atoms with Gasteiger partial charge >= 0.3 is 6.03 Å². The van der Waals surface area contributed by atoms with Crippen LogP contribution in [0, 0.1) is 19.7 Å². The lowest BCUT2D eigenvalue weighted by Gasteiger charge is -2.05. The summed E-state index contributed by atoms with van der Waals surface area (Å²) < 4.78 is 12.9. The zero-order chi connectivity index (χ0) is 20.1. The normalized spacial score (nSPS) is 10.4. The molecule has 0 bridgehead atoms. The molecule has 3 aromatic rings. The molecule has 1 heterocycles. The van der Waals surface area contributed by atoms with Gasteiger partial charge in [-0.1, -0.05) is 41.2 Å². The number of rotatable bonds is 5. The molecule has 28 heavy (non-hydrogen) atoms. The molecule has 0 fully saturated rings. The zero-order valence-electron chi connectivity index (χ0n) is 15.4. The van der Waals surface area contributed by atoms with E-state index in [0.717, 1.165) is 22.5 Å². The molecule has 3 N–H and O–H groups in total. The Morgan fingerprint density at radius 1 is 1.00 bits per heavy atom. The molecule has 8 heteroatoms. The highest BCUT2D eigenvalue weighted by atomic mass is 32.1. The van der Waals surface area contributed by atoms with Crippen LogP contribution in [0.3, 0.4) is 0 Å². The molecule has 144 valence electrons. The second kappa shape index (κ2) is 8.62. The molecule has 0 unspecified atom stereocenters. The first-order chi connectivity index (χ1) is 13.4. The summed E-state index contributed by atoms with van der Waals surface area (Å²) >= 11 is 1.09. The van der Waals surface area contributed by atoms with Gasteiger partial charge in [0.05, 0.1) is 5.69 Å². The second-order valence-corrected chi connectivity index (χ2v) is 7.19. The molecular weight excluding hydrogens is 379 g/mol. The Morgan fingerprint density at radius 3 is 2.36 bits per heavy atom. The fraction of sp³-hybridized carbons (Fsp3) is 0.150. The van der Waals surface area contributed by atoms with Crippen LogP contribution in [0.15, 0.2) is 48.5 Å². The molecule has 2 aromatic carbocycles. The summed E-state index contributed by atoms with van der Waals surface area (Å²) in [5.41, 5.74) is 3.13. The van der Waals surface area contributed by atoms with E-state index in [1.54, 1.807) is 6.92 Å². The molecule has 0 radical (unpaired) electrons. The molecule has 0 spiro atoms. The van der Waals surface area contributed by atoms with Crippen molar-refractivity contribution < 1.29 is 14.0 Å². The minimum atomic E-state index is -0.521. The van der Waals surface area contributed by atoms with Crippen molar-refractivity contribution in [1.82, 2.24) is 10.3 Å². The lowest BCUT2D eigenvalue weighted by Crippen LogP contribution is -2.22. The summed E-state index contributed by atoms with van der Waals surface area (Å²) in [6.07, 6.45) is 0. The third kappa shape index (κ3) is 5.14. The Bertz CT molecular complexity index is 984. The van der Waals surface area contributed by atoms with Gasteiger partial charge in [0.25, 0.3) is 5.91 Å². The fourth-order valence-corrected chi connectivity index (χ4v) is 3.30. The lowest BCUT2D eigenvalue weighted by molar-refractivity contribution is 0.0954. The van der Waals surface area contributed by atoms with Gasteiger partial charge in [-0.05, 0) is 43.7 Å². The number of anilines is 2. The monoisotopic (exact) mass is 398 g/mol. The average Bonchev–Trinajstić information content (AvgIpc) is 3.03. The number of hydrogen-bond donors (Lipinski definition) is 3. The van der Waals surface area contributed by atoms with Gasteiger partial charge in [-0.15, -0.1) is 0 Å². The van der Waals surface area contributed by atoms with Crippen LogP contribution in [0.1, 0.15) is 26.5 Å². The first kappa shape index (κ1) is 19.5. The van der Waals surface area contributed by atoms with Gasteiger partial charge in [-0.2, -0.15) is 0 Å². The van der Waals surface area contributed by atoms with Crippen molar-refractivity contribution in [1.29, 1.82) is 0 Å². The van der Waals surface area contributed by atoms with E-state index >= 15 is 0 Å². The van der Waals surface area contributed by atoms with Crippen molar-refractivity contribution >= 4 is 34.1 Å². The SMILES string of the molecule is Cc1ccc(CNC(=O)c2sc(NC(=O)Nc3ccc(F)cc3)nc2C)cc1. The molecule has 0 aliphatic carbocycles. The Kier molecular flexibility index (Phi) is 6.00. The van der Waals surface area contributed by atoms with Gasteiger partial charge in [0.15, 0.2) is 5.13 Å². The molecule has 6 nitrogen and oxygen atoms in total. The lowest BCUT2D eigenvalue weighted by atomic mass is 10.1. The number of halogens is 1. The molecule has 3 amide bonds. The molecule has 3 rings (SSSR count). The van der Waals surface area contributed by atoms with Crippen molar-refractivity contribution in [2.24, 2.45) is 0 Å². The number of urea groups is 1. The Hall–Kier alpha value is -3.26. The zero-order valence-corrected chi connectivity index (χ0v) is 16.2. The van der Waals surface area contributed by atoms with Gasteiger partial charge < -0.3 is 10.6 Å². The van der Waals surface area contributed by atoms with E-state index in [-0.39, 0.29) is 11.7 Å². The molecular formula is C20H19FN4O2S. The van der Waals surface area contributed by atoms with E-state index in [2.05, 4.69) is 20.9 Å². The summed E-state index contributed by atoms with van der Waals surface area (Å²) in [6, 6.07) is 12.8. The van der Waals surface area contributed by atoms with Crippen LogP contribution in [0.5, 0.6) is 0 Å². The number of hydrogen-bond acceptors (Lipinski definition) is 4. The fourth-order valence-electron chi connectivity index (χ4n) is 2.42. The van der Waals surface area contributed by atoms with Crippen LogP contribution in [0.4, 0.5) is 20.0 Å². The van der Waals surface area contributed by atoms with Crippen LogP contribution < -0.4 is 16.0 Å². The van der Waals surface area contributed by atoms with Gasteiger partial charge in [0.1, 0.15) is 10.7 Å². The van der Waals surface area contributed by atoms with E-state index in [1.807, 2.05) is 31.2 Å². The third-order valence-electron chi connectivity index (χ3n) is 3.90. The Balaban J connectivity index is 1.58. The van der Waals surface area contributed by atoms with E-state index in [4.69, 9.17) is 0 Å². The van der Waals surface area contributed by atoms with Crippen LogP contribution in [-0.4, -0.2) is 16.9 Å². The summed E-state index contributed by atoms with van der Waals surface area (Å²) in [4.78, 5) is 29.1. The van der Waals surface area contributed by atoms with Crippen molar-refractivity contribution in [3.05, 3.63) is 76.0 Å². The van der Waals surface area contributed by atoms with Crippen molar-refractivity contribution in [2.75, 3.05) is 10.6 Å². The summed E-state index contributed by atoms with van der Waals surface area (Å²) in [5.74, 6) is -0.634. The maximum atomic E-state index is 12.9. The van der Waals surface area contributed by atoms with Crippen LogP contribution in [0.2, 0.25) is 0 Å². The maximum Gasteiger partial charge on any atom is 0.325 e. The first-order valence-corrected chi connectivity index (χ1v) is 9.37. The van der Waals surface area contributed by atoms with Crippen LogP contribution in [0.25, 0.3) is 0 Å². The topological polar surface area (TPSA) is 83.1 Å². The molecule has 1 aromatic heterocycles. The number of nitrogens with zero attached hydrogens (tertiary/aromatic N) is 1. The first-order valence-electron chi connectivity index (χ1n) is 8.55. The van der Waals surface area contributed by atoms with Crippen LogP contribution >= 0.6 is 11.3 Å². The summed E-state index contributed by atoms with van der Waals surface area (Å²) in [5, 5.41) is 8.32. The van der Waals surface area contributed by atoms with E-state index in [1.165, 1.54) is 24.3 Å². The van der Waals surface area contributed by atoms with Crippen molar-refractivity contribution in [2.45, 2.75) is 20.4 Å². The minimum absolute atomic E-state index is 0.248.